The van der Waals surface area contributed by atoms with E-state index in [2.05, 4.69) is 4.98 Å². The van der Waals surface area contributed by atoms with Crippen LogP contribution in [0.2, 0.25) is 0 Å². The highest BCUT2D eigenvalue weighted by Crippen LogP contribution is 2.23. The molecule has 0 bridgehead atoms. The van der Waals surface area contributed by atoms with E-state index in [1.807, 2.05) is 6.07 Å². The van der Waals surface area contributed by atoms with E-state index in [1.165, 1.54) is 6.07 Å². The van der Waals surface area contributed by atoms with Crippen LogP contribution in [0.4, 0.5) is 8.78 Å². The van der Waals surface area contributed by atoms with Gasteiger partial charge in [0.2, 0.25) is 0 Å². The quantitative estimate of drug-likeness (QED) is 0.769. The van der Waals surface area contributed by atoms with Gasteiger partial charge in [-0.25, -0.2) is 8.78 Å². The minimum absolute atomic E-state index is 0.0568. The second kappa shape index (κ2) is 7.19. The number of benzene rings is 2. The van der Waals surface area contributed by atoms with Gasteiger partial charge in [-0.15, -0.1) is 0 Å². The van der Waals surface area contributed by atoms with Crippen molar-refractivity contribution in [2.45, 2.75) is 13.5 Å². The van der Waals surface area contributed by atoms with Gasteiger partial charge in [-0.3, -0.25) is 4.79 Å². The zero-order chi connectivity index (χ0) is 18.7. The van der Waals surface area contributed by atoms with Gasteiger partial charge in [-0.1, -0.05) is 24.3 Å². The van der Waals surface area contributed by atoms with Gasteiger partial charge in [0.25, 0.3) is 5.56 Å². The Labute approximate surface area is 148 Å². The molecule has 3 rings (SSSR count). The molecule has 0 saturated heterocycles. The number of nitrogens with one attached hydrogen (secondary N) is 1. The Morgan fingerprint density at radius 3 is 2.46 bits per heavy atom. The number of hydrogen-bond donors (Lipinski definition) is 1. The fourth-order valence-corrected chi connectivity index (χ4v) is 2.54. The summed E-state index contributed by atoms with van der Waals surface area (Å²) in [5.74, 6) is -1.67. The highest BCUT2D eigenvalue weighted by Gasteiger charge is 2.10. The summed E-state index contributed by atoms with van der Waals surface area (Å²) in [7, 11) is 0. The summed E-state index contributed by atoms with van der Waals surface area (Å²) < 4.78 is 31.5. The molecule has 4 nitrogen and oxygen atoms in total. The molecule has 0 unspecified atom stereocenters. The van der Waals surface area contributed by atoms with E-state index in [0.29, 0.717) is 11.3 Å². The first-order chi connectivity index (χ1) is 12.5. The van der Waals surface area contributed by atoms with Gasteiger partial charge in [-0.05, 0) is 36.2 Å². The lowest BCUT2D eigenvalue weighted by Gasteiger charge is -2.09. The molecule has 1 heterocycles. The number of aromatic amines is 1. The lowest BCUT2D eigenvalue weighted by molar-refractivity contribution is 0.303. The predicted octanol–water partition coefficient (Wildman–Crippen LogP) is 4.08. The molecule has 0 amide bonds. The number of aromatic nitrogens is 1. The fourth-order valence-electron chi connectivity index (χ4n) is 2.54. The Morgan fingerprint density at radius 1 is 1.08 bits per heavy atom. The molecule has 3 aromatic rings. The number of nitriles is 1. The van der Waals surface area contributed by atoms with E-state index in [-0.39, 0.29) is 17.9 Å². The second-order valence-electron chi connectivity index (χ2n) is 5.74. The van der Waals surface area contributed by atoms with Crippen molar-refractivity contribution in [3.63, 3.8) is 0 Å². The monoisotopic (exact) mass is 352 g/mol. The second-order valence-corrected chi connectivity index (χ2v) is 5.74. The molecule has 0 saturated carbocycles. The van der Waals surface area contributed by atoms with Gasteiger partial charge < -0.3 is 9.72 Å². The number of hydrogen-bond acceptors (Lipinski definition) is 3. The Morgan fingerprint density at radius 2 is 1.81 bits per heavy atom. The zero-order valence-corrected chi connectivity index (χ0v) is 13.8. The summed E-state index contributed by atoms with van der Waals surface area (Å²) in [5.41, 5.74) is 2.39. The molecule has 26 heavy (non-hydrogen) atoms. The maximum Gasteiger partial charge on any atom is 0.266 e. The van der Waals surface area contributed by atoms with Crippen LogP contribution in [0.1, 0.15) is 16.8 Å². The van der Waals surface area contributed by atoms with Crippen molar-refractivity contribution in [2.75, 3.05) is 0 Å². The average molecular weight is 352 g/mol. The summed E-state index contributed by atoms with van der Waals surface area (Å²) in [6, 6.07) is 14.1. The van der Waals surface area contributed by atoms with E-state index >= 15 is 0 Å². The minimum atomic E-state index is -0.966. The molecule has 130 valence electrons. The van der Waals surface area contributed by atoms with Crippen LogP contribution in [0.3, 0.4) is 0 Å². The fraction of sp³-hybridized carbons (Fsp3) is 0.100. The molecule has 0 aliphatic carbocycles. The Balaban J connectivity index is 1.80. The third-order valence-electron chi connectivity index (χ3n) is 3.84. The number of halogens is 2. The lowest BCUT2D eigenvalue weighted by Crippen LogP contribution is -2.12. The molecule has 0 spiro atoms. The number of nitrogens with zero attached hydrogens (tertiary/aromatic N) is 1. The zero-order valence-electron chi connectivity index (χ0n) is 13.8. The Bertz CT molecular complexity index is 1050. The smallest absolute Gasteiger partial charge is 0.266 e. The molecule has 2 aromatic carbocycles. The van der Waals surface area contributed by atoms with Gasteiger partial charge in [0, 0.05) is 17.3 Å². The van der Waals surface area contributed by atoms with Gasteiger partial charge in [0.1, 0.15) is 24.0 Å². The third-order valence-corrected chi connectivity index (χ3v) is 3.84. The third kappa shape index (κ3) is 3.62. The van der Waals surface area contributed by atoms with E-state index in [4.69, 9.17) is 4.74 Å². The predicted molar refractivity (Wildman–Crippen MR) is 92.6 cm³/mol. The van der Waals surface area contributed by atoms with Gasteiger partial charge >= 0.3 is 0 Å². The number of ether oxygens (including phenoxy) is 1. The normalized spacial score (nSPS) is 10.4. The topological polar surface area (TPSA) is 65.9 Å². The lowest BCUT2D eigenvalue weighted by atomic mass is 10.00. The van der Waals surface area contributed by atoms with Crippen molar-refractivity contribution in [1.29, 1.82) is 5.26 Å². The highest BCUT2D eigenvalue weighted by molar-refractivity contribution is 5.70. The maximum atomic E-state index is 13.2. The number of H-pyrrole nitrogens is 1. The molecule has 1 aromatic heterocycles. The van der Waals surface area contributed by atoms with Gasteiger partial charge in [0.15, 0.2) is 11.6 Å². The van der Waals surface area contributed by atoms with Crippen molar-refractivity contribution >= 4 is 0 Å². The Kier molecular flexibility index (Phi) is 4.81. The molecule has 1 N–H and O–H groups in total. The number of aryl methyl sites for hydroxylation is 1. The van der Waals surface area contributed by atoms with Crippen molar-refractivity contribution < 1.29 is 13.5 Å². The largest absolute Gasteiger partial charge is 0.489 e. The van der Waals surface area contributed by atoms with E-state index in [1.54, 1.807) is 37.3 Å². The van der Waals surface area contributed by atoms with Crippen LogP contribution in [-0.4, -0.2) is 4.98 Å². The SMILES string of the molecule is Cc1cc(-c2ccc(COc3ccc(F)c(F)c3)cc2)c(C#N)c(=O)[nH]1. The first-order valence-corrected chi connectivity index (χ1v) is 7.79. The molecule has 6 heteroatoms. The first-order valence-electron chi connectivity index (χ1n) is 7.79. The van der Waals surface area contributed by atoms with Crippen molar-refractivity contribution in [3.8, 4) is 22.9 Å². The van der Waals surface area contributed by atoms with Crippen LogP contribution in [0.15, 0.2) is 53.3 Å². The van der Waals surface area contributed by atoms with Gasteiger partial charge in [0.05, 0.1) is 0 Å². The molecule has 0 radical (unpaired) electrons. The van der Waals surface area contributed by atoms with Crippen LogP contribution in [0, 0.1) is 29.9 Å². The van der Waals surface area contributed by atoms with Crippen molar-refractivity contribution in [1.82, 2.24) is 4.98 Å². The number of rotatable bonds is 4. The maximum absolute atomic E-state index is 13.2. The average Bonchev–Trinajstić information content (AvgIpc) is 2.62. The van der Waals surface area contributed by atoms with Crippen LogP contribution in [0.5, 0.6) is 5.75 Å². The minimum Gasteiger partial charge on any atom is -0.489 e. The van der Waals surface area contributed by atoms with Gasteiger partial charge in [-0.2, -0.15) is 5.26 Å². The highest BCUT2D eigenvalue weighted by atomic mass is 19.2. The van der Waals surface area contributed by atoms with E-state index in [9.17, 15) is 18.8 Å². The summed E-state index contributed by atoms with van der Waals surface area (Å²) in [4.78, 5) is 14.5. The van der Waals surface area contributed by atoms with Crippen LogP contribution >= 0.6 is 0 Å². The van der Waals surface area contributed by atoms with Crippen LogP contribution in [0.25, 0.3) is 11.1 Å². The molecule has 0 aliphatic rings. The molecular formula is C20H14F2N2O2. The van der Waals surface area contributed by atoms with Crippen LogP contribution in [-0.2, 0) is 6.61 Å². The summed E-state index contributed by atoms with van der Waals surface area (Å²) in [6.07, 6.45) is 0. The summed E-state index contributed by atoms with van der Waals surface area (Å²) >= 11 is 0. The molecule has 0 fully saturated rings. The first kappa shape index (κ1) is 17.4. The standard InChI is InChI=1S/C20H14F2N2O2/c1-12-8-16(17(10-23)20(25)24-12)14-4-2-13(3-5-14)11-26-15-6-7-18(21)19(22)9-15/h2-9H,11H2,1H3,(H,24,25). The van der Waals surface area contributed by atoms with Crippen LogP contribution < -0.4 is 10.3 Å². The van der Waals surface area contributed by atoms with E-state index in [0.717, 1.165) is 23.3 Å². The summed E-state index contributed by atoms with van der Waals surface area (Å²) in [5, 5.41) is 9.21. The Hall–Kier alpha value is -3.46. The van der Waals surface area contributed by atoms with E-state index < -0.39 is 17.2 Å². The number of pyridine rings is 1. The summed E-state index contributed by atoms with van der Waals surface area (Å²) in [6.45, 7) is 1.92. The molecular weight excluding hydrogens is 338 g/mol. The van der Waals surface area contributed by atoms with Crippen molar-refractivity contribution in [3.05, 3.63) is 87.3 Å². The molecule has 0 aliphatic heterocycles. The molecule has 0 atom stereocenters. The van der Waals surface area contributed by atoms with Crippen molar-refractivity contribution in [2.24, 2.45) is 0 Å².